The molecule has 0 heterocycles. The van der Waals surface area contributed by atoms with Crippen LogP contribution in [0.3, 0.4) is 0 Å². The number of amides is 2. The number of carbonyl (C=O) groups excluding carboxylic acids is 2. The number of carbonyl (C=O) groups is 2. The Labute approximate surface area is 134 Å². The van der Waals surface area contributed by atoms with Crippen molar-refractivity contribution < 1.29 is 9.59 Å². The van der Waals surface area contributed by atoms with Crippen LogP contribution in [-0.4, -0.2) is 43.9 Å². The highest BCUT2D eigenvalue weighted by Gasteiger charge is 2.35. The van der Waals surface area contributed by atoms with Crippen molar-refractivity contribution in [3.63, 3.8) is 0 Å². The van der Waals surface area contributed by atoms with Gasteiger partial charge < -0.3 is 15.5 Å². The predicted molar refractivity (Wildman–Crippen MR) is 88.1 cm³/mol. The molecule has 0 saturated carbocycles. The largest absolute Gasteiger partial charge is 0.354 e. The van der Waals surface area contributed by atoms with Crippen molar-refractivity contribution in [2.45, 2.75) is 13.8 Å². The molecule has 0 spiro atoms. The van der Waals surface area contributed by atoms with Gasteiger partial charge in [-0.15, -0.1) is 0 Å². The van der Waals surface area contributed by atoms with E-state index in [0.717, 1.165) is 11.0 Å². The van der Waals surface area contributed by atoms with Crippen LogP contribution in [-0.2, 0) is 9.59 Å². The lowest BCUT2D eigenvalue weighted by Gasteiger charge is -2.23. The minimum Gasteiger partial charge on any atom is -0.354 e. The first-order valence-corrected chi connectivity index (χ1v) is 7.53. The number of nitrogens with one attached hydrogen (secondary N) is 2. The summed E-state index contributed by atoms with van der Waals surface area (Å²) in [6.07, 6.45) is 0. The fourth-order valence-electron chi connectivity index (χ4n) is 1.54. The van der Waals surface area contributed by atoms with Crippen LogP contribution in [0.25, 0.3) is 0 Å². The summed E-state index contributed by atoms with van der Waals surface area (Å²) in [6.45, 7) is 4.48. The van der Waals surface area contributed by atoms with Crippen LogP contribution in [0.15, 0.2) is 28.7 Å². The van der Waals surface area contributed by atoms with Crippen LogP contribution in [0.5, 0.6) is 0 Å². The van der Waals surface area contributed by atoms with Gasteiger partial charge in [0.25, 0.3) is 0 Å². The Hall–Kier alpha value is -1.40. The lowest BCUT2D eigenvalue weighted by atomic mass is 9.91. The molecule has 5 nitrogen and oxygen atoms in total. The molecule has 1 aromatic carbocycles. The SMILES string of the molecule is CN(C)CCNC(=O)C(C)(C)C(=O)Nc1ccc(Br)cc1. The standard InChI is InChI=1S/C15H22BrN3O2/c1-15(2,13(20)17-9-10-19(3)4)14(21)18-12-7-5-11(16)6-8-12/h5-8H,9-10H2,1-4H3,(H,17,20)(H,18,21). The number of halogens is 1. The molecular weight excluding hydrogens is 334 g/mol. The number of likely N-dealkylation sites (N-methyl/N-ethyl adjacent to an activating group) is 1. The average Bonchev–Trinajstić information content (AvgIpc) is 2.40. The lowest BCUT2D eigenvalue weighted by Crippen LogP contribution is -2.46. The minimum atomic E-state index is -1.13. The molecule has 0 aliphatic heterocycles. The third-order valence-electron chi connectivity index (χ3n) is 3.08. The molecule has 21 heavy (non-hydrogen) atoms. The Bertz CT molecular complexity index is 498. The summed E-state index contributed by atoms with van der Waals surface area (Å²) in [5.74, 6) is -0.605. The number of nitrogens with zero attached hydrogens (tertiary/aromatic N) is 1. The number of rotatable bonds is 6. The maximum absolute atomic E-state index is 12.3. The Kier molecular flexibility index (Phi) is 6.36. The number of benzene rings is 1. The van der Waals surface area contributed by atoms with Crippen LogP contribution < -0.4 is 10.6 Å². The van der Waals surface area contributed by atoms with E-state index >= 15 is 0 Å². The van der Waals surface area contributed by atoms with E-state index in [1.54, 1.807) is 26.0 Å². The summed E-state index contributed by atoms with van der Waals surface area (Å²) in [5.41, 5.74) is -0.461. The van der Waals surface area contributed by atoms with E-state index in [9.17, 15) is 9.59 Å². The third kappa shape index (κ3) is 5.47. The van der Waals surface area contributed by atoms with Gasteiger partial charge in [0.15, 0.2) is 0 Å². The summed E-state index contributed by atoms with van der Waals surface area (Å²) < 4.78 is 0.932. The van der Waals surface area contributed by atoms with E-state index in [1.165, 1.54) is 0 Å². The topological polar surface area (TPSA) is 61.4 Å². The Morgan fingerprint density at radius 2 is 1.71 bits per heavy atom. The summed E-state index contributed by atoms with van der Waals surface area (Å²) in [6, 6.07) is 7.23. The highest BCUT2D eigenvalue weighted by molar-refractivity contribution is 9.10. The van der Waals surface area contributed by atoms with Crippen LogP contribution in [0.2, 0.25) is 0 Å². The zero-order chi connectivity index (χ0) is 16.0. The quantitative estimate of drug-likeness (QED) is 0.768. The highest BCUT2D eigenvalue weighted by atomic mass is 79.9. The van der Waals surface area contributed by atoms with Gasteiger partial charge in [0.05, 0.1) is 0 Å². The van der Waals surface area contributed by atoms with E-state index in [0.29, 0.717) is 12.2 Å². The van der Waals surface area contributed by atoms with E-state index in [-0.39, 0.29) is 11.8 Å². The monoisotopic (exact) mass is 355 g/mol. The van der Waals surface area contributed by atoms with Gasteiger partial charge in [0, 0.05) is 23.2 Å². The number of hydrogen-bond acceptors (Lipinski definition) is 3. The van der Waals surface area contributed by atoms with Crippen LogP contribution in [0, 0.1) is 5.41 Å². The van der Waals surface area contributed by atoms with Gasteiger partial charge in [0.2, 0.25) is 11.8 Å². The molecule has 1 aromatic rings. The zero-order valence-electron chi connectivity index (χ0n) is 12.9. The molecule has 6 heteroatoms. The van der Waals surface area contributed by atoms with Crippen molar-refractivity contribution in [3.8, 4) is 0 Å². The molecule has 1 rings (SSSR count). The van der Waals surface area contributed by atoms with Crippen molar-refractivity contribution in [2.75, 3.05) is 32.5 Å². The second-order valence-electron chi connectivity index (χ2n) is 5.65. The van der Waals surface area contributed by atoms with Gasteiger partial charge in [-0.25, -0.2) is 0 Å². The van der Waals surface area contributed by atoms with E-state index < -0.39 is 5.41 Å². The first kappa shape index (κ1) is 17.7. The van der Waals surface area contributed by atoms with Crippen LogP contribution in [0.4, 0.5) is 5.69 Å². The zero-order valence-corrected chi connectivity index (χ0v) is 14.5. The molecule has 0 aliphatic carbocycles. The molecule has 0 aliphatic rings. The maximum atomic E-state index is 12.3. The second-order valence-corrected chi connectivity index (χ2v) is 6.56. The average molecular weight is 356 g/mol. The van der Waals surface area contributed by atoms with Crippen molar-refractivity contribution in [1.82, 2.24) is 10.2 Å². The summed E-state index contributed by atoms with van der Waals surface area (Å²) in [5, 5.41) is 5.54. The molecule has 116 valence electrons. The first-order chi connectivity index (χ1) is 9.73. The predicted octanol–water partition coefficient (Wildman–Crippen LogP) is 2.09. The first-order valence-electron chi connectivity index (χ1n) is 6.73. The fraction of sp³-hybridized carbons (Fsp3) is 0.467. The fourth-order valence-corrected chi connectivity index (χ4v) is 1.80. The van der Waals surface area contributed by atoms with Gasteiger partial charge in [-0.2, -0.15) is 0 Å². The van der Waals surface area contributed by atoms with E-state index in [1.807, 2.05) is 31.1 Å². The summed E-state index contributed by atoms with van der Waals surface area (Å²) in [7, 11) is 3.86. The minimum absolute atomic E-state index is 0.279. The normalized spacial score (nSPS) is 11.3. The smallest absolute Gasteiger partial charge is 0.239 e. The van der Waals surface area contributed by atoms with Crippen molar-refractivity contribution >= 4 is 33.4 Å². The lowest BCUT2D eigenvalue weighted by molar-refractivity contribution is -0.138. The number of hydrogen-bond donors (Lipinski definition) is 2. The molecule has 2 N–H and O–H groups in total. The van der Waals surface area contributed by atoms with Crippen molar-refractivity contribution in [2.24, 2.45) is 5.41 Å². The summed E-state index contributed by atoms with van der Waals surface area (Å²) >= 11 is 3.33. The van der Waals surface area contributed by atoms with Crippen molar-refractivity contribution in [1.29, 1.82) is 0 Å². The van der Waals surface area contributed by atoms with E-state index in [4.69, 9.17) is 0 Å². The van der Waals surface area contributed by atoms with Gasteiger partial charge in [-0.05, 0) is 52.2 Å². The Morgan fingerprint density at radius 3 is 2.24 bits per heavy atom. The van der Waals surface area contributed by atoms with Gasteiger partial charge in [0.1, 0.15) is 5.41 Å². The molecule has 0 fully saturated rings. The molecule has 0 bridgehead atoms. The third-order valence-corrected chi connectivity index (χ3v) is 3.61. The molecule has 0 radical (unpaired) electrons. The molecule has 0 atom stereocenters. The Morgan fingerprint density at radius 1 is 1.14 bits per heavy atom. The van der Waals surface area contributed by atoms with Gasteiger partial charge in [-0.1, -0.05) is 15.9 Å². The summed E-state index contributed by atoms with van der Waals surface area (Å²) in [4.78, 5) is 26.4. The van der Waals surface area contributed by atoms with Gasteiger partial charge >= 0.3 is 0 Å². The second kappa shape index (κ2) is 7.56. The maximum Gasteiger partial charge on any atom is 0.239 e. The molecule has 0 unspecified atom stereocenters. The van der Waals surface area contributed by atoms with Crippen LogP contribution >= 0.6 is 15.9 Å². The molecule has 2 amide bonds. The van der Waals surface area contributed by atoms with Crippen molar-refractivity contribution in [3.05, 3.63) is 28.7 Å². The van der Waals surface area contributed by atoms with E-state index in [2.05, 4.69) is 26.6 Å². The molecule has 0 aromatic heterocycles. The number of anilines is 1. The molecule has 0 saturated heterocycles. The molecular formula is C15H22BrN3O2. The van der Waals surface area contributed by atoms with Gasteiger partial charge in [-0.3, -0.25) is 9.59 Å². The highest BCUT2D eigenvalue weighted by Crippen LogP contribution is 2.20. The van der Waals surface area contributed by atoms with Crippen LogP contribution in [0.1, 0.15) is 13.8 Å². The Balaban J connectivity index is 2.61.